The molecule has 0 atom stereocenters. The average Bonchev–Trinajstić information content (AvgIpc) is 2.79. The first kappa shape index (κ1) is 14.3. The maximum Gasteiger partial charge on any atom is 0.335 e. The number of anilines is 1. The van der Waals surface area contributed by atoms with Crippen LogP contribution in [0, 0.1) is 5.92 Å². The summed E-state index contributed by atoms with van der Waals surface area (Å²) < 4.78 is 10.9. The third-order valence-electron chi connectivity index (χ3n) is 2.61. The average molecular weight is 278 g/mol. The number of nitrogens with one attached hydrogen (secondary N) is 1. The van der Waals surface area contributed by atoms with E-state index in [2.05, 4.69) is 24.1 Å². The second-order valence-corrected chi connectivity index (χ2v) is 4.90. The molecule has 20 heavy (non-hydrogen) atoms. The van der Waals surface area contributed by atoms with Gasteiger partial charge in [-0.15, -0.1) is 0 Å². The van der Waals surface area contributed by atoms with Crippen molar-refractivity contribution in [3.63, 3.8) is 0 Å². The van der Waals surface area contributed by atoms with Gasteiger partial charge < -0.3 is 19.6 Å². The lowest BCUT2D eigenvalue weighted by molar-refractivity contribution is 0.0697. The zero-order chi connectivity index (χ0) is 14.5. The number of nitrogens with zero attached hydrogens (tertiary/aromatic N) is 1. The Morgan fingerprint density at radius 1 is 1.50 bits per heavy atom. The van der Waals surface area contributed by atoms with Crippen molar-refractivity contribution in [2.75, 3.05) is 25.1 Å². The molecule has 108 valence electrons. The van der Waals surface area contributed by atoms with Gasteiger partial charge in [0.05, 0.1) is 12.2 Å². The summed E-state index contributed by atoms with van der Waals surface area (Å²) in [6.45, 7) is 6.06. The molecule has 2 rings (SSSR count). The van der Waals surface area contributed by atoms with Crippen molar-refractivity contribution in [1.82, 2.24) is 4.98 Å². The van der Waals surface area contributed by atoms with Crippen LogP contribution in [0.1, 0.15) is 24.2 Å². The number of hydrogen-bond acceptors (Lipinski definition) is 5. The third-order valence-corrected chi connectivity index (χ3v) is 2.61. The maximum atomic E-state index is 10.9. The fraction of sp³-hybridized carbons (Fsp3) is 0.429. The van der Waals surface area contributed by atoms with Gasteiger partial charge in [0.1, 0.15) is 5.52 Å². The van der Waals surface area contributed by atoms with Crippen LogP contribution in [-0.2, 0) is 4.74 Å². The Labute approximate surface area is 116 Å². The van der Waals surface area contributed by atoms with Crippen molar-refractivity contribution >= 4 is 23.1 Å². The molecule has 0 unspecified atom stereocenters. The minimum Gasteiger partial charge on any atom is -0.478 e. The zero-order valence-electron chi connectivity index (χ0n) is 11.5. The van der Waals surface area contributed by atoms with Crippen LogP contribution in [0.4, 0.5) is 6.01 Å². The summed E-state index contributed by atoms with van der Waals surface area (Å²) in [5.74, 6) is -0.478. The topological polar surface area (TPSA) is 84.6 Å². The van der Waals surface area contributed by atoms with Gasteiger partial charge in [-0.25, -0.2) is 4.79 Å². The summed E-state index contributed by atoms with van der Waals surface area (Å²) in [6, 6.07) is 4.96. The van der Waals surface area contributed by atoms with Crippen LogP contribution in [0.2, 0.25) is 0 Å². The minimum atomic E-state index is -0.986. The minimum absolute atomic E-state index is 0.181. The Hall–Kier alpha value is -2.08. The number of carbonyl (C=O) groups is 1. The summed E-state index contributed by atoms with van der Waals surface area (Å²) in [5, 5.41) is 11.9. The molecule has 0 saturated carbocycles. The normalized spacial score (nSPS) is 11.2. The molecule has 6 heteroatoms. The first-order valence-electron chi connectivity index (χ1n) is 6.52. The summed E-state index contributed by atoms with van der Waals surface area (Å²) in [4.78, 5) is 15.1. The molecule has 2 N–H and O–H groups in total. The number of oxazole rings is 1. The predicted molar refractivity (Wildman–Crippen MR) is 75.1 cm³/mol. The van der Waals surface area contributed by atoms with Gasteiger partial charge in [-0.2, -0.15) is 4.98 Å². The first-order valence-corrected chi connectivity index (χ1v) is 6.52. The number of carboxylic acid groups (broad SMARTS) is 1. The van der Waals surface area contributed by atoms with E-state index in [4.69, 9.17) is 14.3 Å². The number of ether oxygens (including phenoxy) is 1. The number of carboxylic acids is 1. The van der Waals surface area contributed by atoms with Crippen LogP contribution in [0.15, 0.2) is 22.6 Å². The molecule has 0 aliphatic heterocycles. The fourth-order valence-electron chi connectivity index (χ4n) is 1.68. The summed E-state index contributed by atoms with van der Waals surface area (Å²) >= 11 is 0. The maximum absolute atomic E-state index is 10.9. The van der Waals surface area contributed by atoms with Crippen LogP contribution in [0.5, 0.6) is 0 Å². The molecule has 0 bridgehead atoms. The van der Waals surface area contributed by atoms with Crippen LogP contribution in [0.25, 0.3) is 11.1 Å². The summed E-state index contributed by atoms with van der Waals surface area (Å²) in [7, 11) is 0. The van der Waals surface area contributed by atoms with E-state index >= 15 is 0 Å². The molecule has 0 radical (unpaired) electrons. The number of benzene rings is 1. The Morgan fingerprint density at radius 3 is 3.00 bits per heavy atom. The fourth-order valence-corrected chi connectivity index (χ4v) is 1.68. The van der Waals surface area contributed by atoms with Gasteiger partial charge in [-0.3, -0.25) is 0 Å². The quantitative estimate of drug-likeness (QED) is 0.757. The standard InChI is InChI=1S/C14H18N2O4/c1-9(2)8-19-6-5-15-14-16-11-4-3-10(13(17)18)7-12(11)20-14/h3-4,7,9H,5-6,8H2,1-2H3,(H,15,16)(H,17,18). The van der Waals surface area contributed by atoms with E-state index in [9.17, 15) is 4.79 Å². The molecule has 0 spiro atoms. The third kappa shape index (κ3) is 3.71. The highest BCUT2D eigenvalue weighted by Crippen LogP contribution is 2.20. The number of rotatable bonds is 7. The second-order valence-electron chi connectivity index (χ2n) is 4.90. The van der Waals surface area contributed by atoms with E-state index in [0.29, 0.717) is 36.2 Å². The summed E-state index contributed by atoms with van der Waals surface area (Å²) in [6.07, 6.45) is 0. The number of aromatic nitrogens is 1. The molecule has 1 aromatic carbocycles. The lowest BCUT2D eigenvalue weighted by atomic mass is 10.2. The van der Waals surface area contributed by atoms with Crippen molar-refractivity contribution in [3.05, 3.63) is 23.8 Å². The van der Waals surface area contributed by atoms with Crippen LogP contribution < -0.4 is 5.32 Å². The van der Waals surface area contributed by atoms with E-state index in [1.165, 1.54) is 12.1 Å². The van der Waals surface area contributed by atoms with Crippen molar-refractivity contribution < 1.29 is 19.1 Å². The predicted octanol–water partition coefficient (Wildman–Crippen LogP) is 2.61. The molecule has 0 fully saturated rings. The Kier molecular flexibility index (Phi) is 4.57. The second kappa shape index (κ2) is 6.38. The monoisotopic (exact) mass is 278 g/mol. The van der Waals surface area contributed by atoms with Crippen LogP contribution in [-0.4, -0.2) is 35.8 Å². The van der Waals surface area contributed by atoms with Crippen molar-refractivity contribution in [3.8, 4) is 0 Å². The van der Waals surface area contributed by atoms with Gasteiger partial charge in [0.2, 0.25) is 0 Å². The van der Waals surface area contributed by atoms with Crippen LogP contribution >= 0.6 is 0 Å². The number of fused-ring (bicyclic) bond motifs is 1. The molecule has 0 aliphatic carbocycles. The molecule has 0 amide bonds. The molecular formula is C14H18N2O4. The Balaban J connectivity index is 1.93. The van der Waals surface area contributed by atoms with E-state index in [1.54, 1.807) is 6.07 Å². The molecule has 2 aromatic rings. The largest absolute Gasteiger partial charge is 0.478 e. The van der Waals surface area contributed by atoms with Crippen molar-refractivity contribution in [2.24, 2.45) is 5.92 Å². The molecule has 1 heterocycles. The Morgan fingerprint density at radius 2 is 2.30 bits per heavy atom. The van der Waals surface area contributed by atoms with E-state index in [0.717, 1.165) is 6.61 Å². The van der Waals surface area contributed by atoms with Crippen molar-refractivity contribution in [2.45, 2.75) is 13.8 Å². The SMILES string of the molecule is CC(C)COCCNc1nc2ccc(C(=O)O)cc2o1. The lowest BCUT2D eigenvalue weighted by Crippen LogP contribution is -2.12. The molecule has 6 nitrogen and oxygen atoms in total. The highest BCUT2D eigenvalue weighted by atomic mass is 16.5. The number of aromatic carboxylic acids is 1. The van der Waals surface area contributed by atoms with Gasteiger partial charge >= 0.3 is 5.97 Å². The van der Waals surface area contributed by atoms with E-state index < -0.39 is 5.97 Å². The molecule has 0 aliphatic rings. The van der Waals surface area contributed by atoms with Gasteiger partial charge in [-0.05, 0) is 24.1 Å². The smallest absolute Gasteiger partial charge is 0.335 e. The van der Waals surface area contributed by atoms with E-state index in [1.807, 2.05) is 0 Å². The summed E-state index contributed by atoms with van der Waals surface area (Å²) in [5.41, 5.74) is 1.26. The van der Waals surface area contributed by atoms with Gasteiger partial charge in [-0.1, -0.05) is 13.8 Å². The van der Waals surface area contributed by atoms with Crippen LogP contribution in [0.3, 0.4) is 0 Å². The van der Waals surface area contributed by atoms with Gasteiger partial charge in [0, 0.05) is 13.2 Å². The zero-order valence-corrected chi connectivity index (χ0v) is 11.5. The highest BCUT2D eigenvalue weighted by Gasteiger charge is 2.09. The first-order chi connectivity index (χ1) is 9.56. The molecular weight excluding hydrogens is 260 g/mol. The number of hydrogen-bond donors (Lipinski definition) is 2. The lowest BCUT2D eigenvalue weighted by Gasteiger charge is -2.06. The van der Waals surface area contributed by atoms with E-state index in [-0.39, 0.29) is 5.56 Å². The molecule has 1 aromatic heterocycles. The van der Waals surface area contributed by atoms with Gasteiger partial charge in [0.15, 0.2) is 5.58 Å². The van der Waals surface area contributed by atoms with Crippen molar-refractivity contribution in [1.29, 1.82) is 0 Å². The highest BCUT2D eigenvalue weighted by molar-refractivity contribution is 5.92. The molecule has 0 saturated heterocycles. The van der Waals surface area contributed by atoms with Gasteiger partial charge in [0.25, 0.3) is 6.01 Å². The Bertz CT molecular complexity index is 592.